The van der Waals surface area contributed by atoms with Crippen molar-refractivity contribution in [3.05, 3.63) is 54.1 Å². The molecule has 9 heteroatoms. The van der Waals surface area contributed by atoms with Gasteiger partial charge in [-0.05, 0) is 36.4 Å². The van der Waals surface area contributed by atoms with E-state index in [1.165, 1.54) is 16.4 Å². The maximum atomic E-state index is 12.6. The van der Waals surface area contributed by atoms with Gasteiger partial charge in [-0.1, -0.05) is 13.8 Å². The Bertz CT molecular complexity index is 1060. The molecule has 146 valence electrons. The minimum Gasteiger partial charge on any atom is -0.467 e. The fraction of sp³-hybridized carbons (Fsp3) is 0.263. The van der Waals surface area contributed by atoms with Crippen molar-refractivity contribution in [3.63, 3.8) is 0 Å². The number of oxazole rings is 1. The molecular formula is C19H20N4O4S. The van der Waals surface area contributed by atoms with Gasteiger partial charge in [0.05, 0.1) is 17.7 Å². The van der Waals surface area contributed by atoms with E-state index in [4.69, 9.17) is 8.83 Å². The molecule has 0 saturated heterocycles. The SMILES string of the molecule is CCN(CC)S(=O)(=O)c1ccc(-c2nc(C#N)c(NCc3ccco3)o2)cc1. The van der Waals surface area contributed by atoms with Gasteiger partial charge in [0.25, 0.3) is 0 Å². The van der Waals surface area contributed by atoms with E-state index in [-0.39, 0.29) is 22.4 Å². The molecule has 3 aromatic rings. The highest BCUT2D eigenvalue weighted by molar-refractivity contribution is 7.89. The smallest absolute Gasteiger partial charge is 0.243 e. The number of nitrogens with one attached hydrogen (secondary N) is 1. The molecule has 2 aromatic heterocycles. The molecule has 0 saturated carbocycles. The number of sulfonamides is 1. The van der Waals surface area contributed by atoms with Crippen molar-refractivity contribution in [1.82, 2.24) is 9.29 Å². The Hall–Kier alpha value is -3.09. The third kappa shape index (κ3) is 3.93. The van der Waals surface area contributed by atoms with Crippen LogP contribution in [0.15, 0.2) is 56.4 Å². The first-order valence-corrected chi connectivity index (χ1v) is 10.2. The van der Waals surface area contributed by atoms with Crippen LogP contribution in [0.1, 0.15) is 25.3 Å². The van der Waals surface area contributed by atoms with Gasteiger partial charge in [0.15, 0.2) is 0 Å². The van der Waals surface area contributed by atoms with Gasteiger partial charge in [0.1, 0.15) is 11.8 Å². The van der Waals surface area contributed by atoms with Gasteiger partial charge in [-0.15, -0.1) is 0 Å². The van der Waals surface area contributed by atoms with Crippen molar-refractivity contribution in [1.29, 1.82) is 5.26 Å². The minimum atomic E-state index is -3.53. The molecule has 0 aliphatic carbocycles. The number of anilines is 1. The summed E-state index contributed by atoms with van der Waals surface area (Å²) < 4.78 is 37.4. The van der Waals surface area contributed by atoms with Gasteiger partial charge in [0.2, 0.25) is 27.5 Å². The molecule has 0 aliphatic rings. The van der Waals surface area contributed by atoms with Crippen molar-refractivity contribution in [3.8, 4) is 17.5 Å². The van der Waals surface area contributed by atoms with Crippen LogP contribution in [0.3, 0.4) is 0 Å². The quantitative estimate of drug-likeness (QED) is 0.616. The number of hydrogen-bond acceptors (Lipinski definition) is 7. The van der Waals surface area contributed by atoms with Crippen LogP contribution in [-0.4, -0.2) is 30.8 Å². The summed E-state index contributed by atoms with van der Waals surface area (Å²) in [7, 11) is -3.53. The van der Waals surface area contributed by atoms with E-state index in [2.05, 4.69) is 10.3 Å². The fourth-order valence-electron chi connectivity index (χ4n) is 2.70. The van der Waals surface area contributed by atoms with Crippen LogP contribution in [0.25, 0.3) is 11.5 Å². The molecule has 0 fully saturated rings. The first-order valence-electron chi connectivity index (χ1n) is 8.77. The Kier molecular flexibility index (Phi) is 5.82. The second-order valence-corrected chi connectivity index (χ2v) is 7.79. The normalized spacial score (nSPS) is 11.5. The predicted molar refractivity (Wildman–Crippen MR) is 103 cm³/mol. The standard InChI is InChI=1S/C19H20N4O4S/c1-3-23(4-2)28(24,25)16-9-7-14(8-10-16)18-22-17(12-20)19(27-18)21-13-15-6-5-11-26-15/h5-11,21H,3-4,13H2,1-2H3. The first kappa shape index (κ1) is 19.7. The van der Waals surface area contributed by atoms with Gasteiger partial charge in [-0.25, -0.2) is 8.42 Å². The average Bonchev–Trinajstić information content (AvgIpc) is 3.36. The van der Waals surface area contributed by atoms with E-state index in [1.807, 2.05) is 6.07 Å². The van der Waals surface area contributed by atoms with Crippen LogP contribution in [0, 0.1) is 11.3 Å². The van der Waals surface area contributed by atoms with Crippen LogP contribution >= 0.6 is 0 Å². The molecule has 1 N–H and O–H groups in total. The summed E-state index contributed by atoms with van der Waals surface area (Å²) in [5.41, 5.74) is 0.683. The number of furan rings is 1. The third-order valence-electron chi connectivity index (χ3n) is 4.18. The zero-order valence-electron chi connectivity index (χ0n) is 15.5. The summed E-state index contributed by atoms with van der Waals surface area (Å²) in [6, 6.07) is 11.8. The van der Waals surface area contributed by atoms with Crippen molar-refractivity contribution in [2.24, 2.45) is 0 Å². The monoisotopic (exact) mass is 400 g/mol. The van der Waals surface area contributed by atoms with E-state index in [0.29, 0.717) is 31.0 Å². The number of nitrogens with zero attached hydrogens (tertiary/aromatic N) is 3. The van der Waals surface area contributed by atoms with E-state index < -0.39 is 10.0 Å². The number of nitriles is 1. The number of benzene rings is 1. The Morgan fingerprint density at radius 2 is 1.89 bits per heavy atom. The second kappa shape index (κ2) is 8.29. The number of rotatable bonds is 8. The Morgan fingerprint density at radius 3 is 2.46 bits per heavy atom. The molecule has 0 aliphatic heterocycles. The second-order valence-electron chi connectivity index (χ2n) is 5.86. The van der Waals surface area contributed by atoms with E-state index >= 15 is 0 Å². The summed E-state index contributed by atoms with van der Waals surface area (Å²) >= 11 is 0. The van der Waals surface area contributed by atoms with Crippen LogP contribution in [-0.2, 0) is 16.6 Å². The van der Waals surface area contributed by atoms with Crippen LogP contribution in [0.2, 0.25) is 0 Å². The van der Waals surface area contributed by atoms with Gasteiger partial charge >= 0.3 is 0 Å². The Labute approximate surface area is 163 Å². The minimum absolute atomic E-state index is 0.112. The molecule has 3 rings (SSSR count). The zero-order chi connectivity index (χ0) is 20.1. The molecule has 28 heavy (non-hydrogen) atoms. The largest absolute Gasteiger partial charge is 0.467 e. The van der Waals surface area contributed by atoms with Crippen LogP contribution in [0.4, 0.5) is 5.88 Å². The highest BCUT2D eigenvalue weighted by atomic mass is 32.2. The third-order valence-corrected chi connectivity index (χ3v) is 6.24. The topological polar surface area (TPSA) is 112 Å². The fourth-order valence-corrected chi connectivity index (χ4v) is 4.16. The predicted octanol–water partition coefficient (Wildman–Crippen LogP) is 3.45. The maximum absolute atomic E-state index is 12.6. The van der Waals surface area contributed by atoms with E-state index in [1.54, 1.807) is 44.4 Å². The lowest BCUT2D eigenvalue weighted by atomic mass is 10.2. The molecule has 0 unspecified atom stereocenters. The van der Waals surface area contributed by atoms with Gasteiger partial charge in [-0.2, -0.15) is 14.6 Å². The van der Waals surface area contributed by atoms with Crippen LogP contribution < -0.4 is 5.32 Å². The molecule has 0 atom stereocenters. The lowest BCUT2D eigenvalue weighted by molar-refractivity contribution is 0.445. The number of hydrogen-bond donors (Lipinski definition) is 1. The molecule has 0 spiro atoms. The van der Waals surface area contributed by atoms with E-state index in [9.17, 15) is 13.7 Å². The van der Waals surface area contributed by atoms with Crippen molar-refractivity contribution >= 4 is 15.9 Å². The van der Waals surface area contributed by atoms with Gasteiger partial charge in [-0.3, -0.25) is 0 Å². The number of aromatic nitrogens is 1. The summed E-state index contributed by atoms with van der Waals surface area (Å²) in [5.74, 6) is 1.15. The lowest BCUT2D eigenvalue weighted by Crippen LogP contribution is -2.30. The summed E-state index contributed by atoms with van der Waals surface area (Å²) in [6.07, 6.45) is 1.56. The maximum Gasteiger partial charge on any atom is 0.243 e. The molecule has 0 bridgehead atoms. The molecule has 0 radical (unpaired) electrons. The van der Waals surface area contributed by atoms with Gasteiger partial charge in [0, 0.05) is 18.7 Å². The molecule has 2 heterocycles. The molecule has 8 nitrogen and oxygen atoms in total. The highest BCUT2D eigenvalue weighted by Crippen LogP contribution is 2.27. The zero-order valence-corrected chi connectivity index (χ0v) is 16.4. The first-order chi connectivity index (χ1) is 13.5. The highest BCUT2D eigenvalue weighted by Gasteiger charge is 2.22. The van der Waals surface area contributed by atoms with E-state index in [0.717, 1.165) is 0 Å². The van der Waals surface area contributed by atoms with Crippen molar-refractivity contribution < 1.29 is 17.3 Å². The van der Waals surface area contributed by atoms with Gasteiger partial charge < -0.3 is 14.2 Å². The summed E-state index contributed by atoms with van der Waals surface area (Å²) in [4.78, 5) is 4.37. The van der Waals surface area contributed by atoms with Crippen molar-refractivity contribution in [2.75, 3.05) is 18.4 Å². The Morgan fingerprint density at radius 1 is 1.18 bits per heavy atom. The average molecular weight is 400 g/mol. The molecule has 1 aromatic carbocycles. The molecule has 0 amide bonds. The molecular weight excluding hydrogens is 380 g/mol. The van der Waals surface area contributed by atoms with Crippen LogP contribution in [0.5, 0.6) is 0 Å². The van der Waals surface area contributed by atoms with Crippen molar-refractivity contribution in [2.45, 2.75) is 25.3 Å². The Balaban J connectivity index is 1.83. The summed E-state index contributed by atoms with van der Waals surface area (Å²) in [6.45, 7) is 4.73. The summed E-state index contributed by atoms with van der Waals surface area (Å²) in [5, 5.41) is 12.3. The lowest BCUT2D eigenvalue weighted by Gasteiger charge is -2.18.